The maximum atomic E-state index is 14.2. The first kappa shape index (κ1) is 19.7. The molecule has 0 radical (unpaired) electrons. The second kappa shape index (κ2) is 8.65. The number of carbonyl (C=O) groups is 1. The van der Waals surface area contributed by atoms with Gasteiger partial charge < -0.3 is 10.1 Å². The maximum Gasteiger partial charge on any atom is 0.251 e. The number of halogens is 1. The number of hydrogen-bond donors (Lipinski definition) is 1. The first-order chi connectivity index (χ1) is 12.5. The number of amides is 1. The molecule has 0 saturated heterocycles. The van der Waals surface area contributed by atoms with Crippen LogP contribution >= 0.6 is 0 Å². The van der Waals surface area contributed by atoms with E-state index in [0.717, 1.165) is 19.3 Å². The van der Waals surface area contributed by atoms with Gasteiger partial charge >= 0.3 is 0 Å². The molecule has 0 atom stereocenters. The zero-order valence-corrected chi connectivity index (χ0v) is 15.6. The van der Waals surface area contributed by atoms with E-state index in [1.807, 2.05) is 30.3 Å². The Hall–Kier alpha value is -2.62. The number of hydrogen-bond acceptors (Lipinski definition) is 2. The Labute approximate surface area is 154 Å². The van der Waals surface area contributed by atoms with Crippen molar-refractivity contribution >= 4 is 5.91 Å². The average molecular weight is 355 g/mol. The normalized spacial score (nSPS) is 11.1. The average Bonchev–Trinajstić information content (AvgIpc) is 2.67. The summed E-state index contributed by atoms with van der Waals surface area (Å²) in [6, 6.07) is 11.9. The van der Waals surface area contributed by atoms with Crippen LogP contribution in [0.25, 0.3) is 0 Å². The van der Waals surface area contributed by atoms with Gasteiger partial charge in [-0.05, 0) is 60.6 Å². The predicted molar refractivity (Wildman–Crippen MR) is 103 cm³/mol. The van der Waals surface area contributed by atoms with E-state index in [9.17, 15) is 9.18 Å². The molecular weight excluding hydrogens is 329 g/mol. The van der Waals surface area contributed by atoms with E-state index < -0.39 is 5.82 Å². The van der Waals surface area contributed by atoms with Crippen LogP contribution in [0.5, 0.6) is 11.5 Å². The number of ether oxygens (including phenoxy) is 1. The standard InChI is InChI=1S/C22H26FNO2/c1-5-14-22(6-2,7-3)17-9-11-18(12-10-17)26-20-13-8-16(15-19(20)23)21(25)24-4/h5,8-13,15H,1,6-7,14H2,2-4H3,(H,24,25). The zero-order chi connectivity index (χ0) is 19.2. The molecule has 0 heterocycles. The SMILES string of the molecule is C=CCC(CC)(CC)c1ccc(Oc2ccc(C(=O)NC)cc2F)cc1. The summed E-state index contributed by atoms with van der Waals surface area (Å²) in [5.41, 5.74) is 1.55. The van der Waals surface area contributed by atoms with Gasteiger partial charge in [0.15, 0.2) is 11.6 Å². The van der Waals surface area contributed by atoms with Crippen molar-refractivity contribution < 1.29 is 13.9 Å². The van der Waals surface area contributed by atoms with Gasteiger partial charge in [0, 0.05) is 12.6 Å². The highest BCUT2D eigenvalue weighted by Crippen LogP contribution is 2.37. The fraction of sp³-hybridized carbons (Fsp3) is 0.318. The van der Waals surface area contributed by atoms with Crippen molar-refractivity contribution in [1.82, 2.24) is 5.32 Å². The molecular formula is C22H26FNO2. The van der Waals surface area contributed by atoms with Gasteiger partial charge in [-0.1, -0.05) is 32.1 Å². The van der Waals surface area contributed by atoms with Crippen molar-refractivity contribution in [3.8, 4) is 11.5 Å². The van der Waals surface area contributed by atoms with Crippen molar-refractivity contribution in [3.63, 3.8) is 0 Å². The highest BCUT2D eigenvalue weighted by molar-refractivity contribution is 5.94. The van der Waals surface area contributed by atoms with Crippen LogP contribution in [0.2, 0.25) is 0 Å². The van der Waals surface area contributed by atoms with Crippen LogP contribution < -0.4 is 10.1 Å². The van der Waals surface area contributed by atoms with Crippen LogP contribution in [-0.4, -0.2) is 13.0 Å². The third-order valence-corrected chi connectivity index (χ3v) is 5.00. The smallest absolute Gasteiger partial charge is 0.251 e. The molecule has 3 nitrogen and oxygen atoms in total. The number of carbonyl (C=O) groups excluding carboxylic acids is 1. The van der Waals surface area contributed by atoms with Gasteiger partial charge in [0.25, 0.3) is 5.91 Å². The van der Waals surface area contributed by atoms with Crippen LogP contribution in [0.1, 0.15) is 49.0 Å². The van der Waals surface area contributed by atoms with Crippen LogP contribution in [0.4, 0.5) is 4.39 Å². The molecule has 26 heavy (non-hydrogen) atoms. The molecule has 138 valence electrons. The number of nitrogens with one attached hydrogen (secondary N) is 1. The monoisotopic (exact) mass is 355 g/mol. The van der Waals surface area contributed by atoms with Crippen molar-refractivity contribution in [2.24, 2.45) is 0 Å². The van der Waals surface area contributed by atoms with E-state index in [2.05, 4.69) is 25.7 Å². The van der Waals surface area contributed by atoms with E-state index >= 15 is 0 Å². The van der Waals surface area contributed by atoms with Crippen molar-refractivity contribution in [2.45, 2.75) is 38.5 Å². The molecule has 2 rings (SSSR count). The van der Waals surface area contributed by atoms with Crippen LogP contribution in [-0.2, 0) is 5.41 Å². The minimum absolute atomic E-state index is 0.0701. The van der Waals surface area contributed by atoms with Gasteiger partial charge in [0.2, 0.25) is 0 Å². The first-order valence-corrected chi connectivity index (χ1v) is 8.90. The molecule has 0 aromatic heterocycles. The summed E-state index contributed by atoms with van der Waals surface area (Å²) in [6.45, 7) is 8.24. The number of allylic oxidation sites excluding steroid dienone is 1. The Morgan fingerprint density at radius 2 is 1.85 bits per heavy atom. The molecule has 2 aromatic carbocycles. The van der Waals surface area contributed by atoms with Crippen molar-refractivity contribution in [1.29, 1.82) is 0 Å². The molecule has 2 aromatic rings. The van der Waals surface area contributed by atoms with Gasteiger partial charge in [0.05, 0.1) is 0 Å². The molecule has 1 amide bonds. The van der Waals surface area contributed by atoms with Gasteiger partial charge in [-0.2, -0.15) is 0 Å². The Morgan fingerprint density at radius 3 is 2.35 bits per heavy atom. The van der Waals surface area contributed by atoms with Gasteiger partial charge in [-0.15, -0.1) is 6.58 Å². The van der Waals surface area contributed by atoms with Crippen molar-refractivity contribution in [3.05, 3.63) is 72.1 Å². The topological polar surface area (TPSA) is 38.3 Å². The zero-order valence-electron chi connectivity index (χ0n) is 15.6. The van der Waals surface area contributed by atoms with Crippen LogP contribution in [0.3, 0.4) is 0 Å². The summed E-state index contributed by atoms with van der Waals surface area (Å²) in [5, 5.41) is 2.47. The first-order valence-electron chi connectivity index (χ1n) is 8.90. The lowest BCUT2D eigenvalue weighted by Crippen LogP contribution is -2.23. The largest absolute Gasteiger partial charge is 0.454 e. The summed E-state index contributed by atoms with van der Waals surface area (Å²) in [6.07, 6.45) is 4.91. The van der Waals surface area contributed by atoms with E-state index in [4.69, 9.17) is 4.74 Å². The summed E-state index contributed by atoms with van der Waals surface area (Å²) >= 11 is 0. The lowest BCUT2D eigenvalue weighted by Gasteiger charge is -2.31. The highest BCUT2D eigenvalue weighted by atomic mass is 19.1. The lowest BCUT2D eigenvalue weighted by atomic mass is 9.73. The van der Waals surface area contributed by atoms with Gasteiger partial charge in [-0.25, -0.2) is 4.39 Å². The molecule has 0 spiro atoms. The fourth-order valence-corrected chi connectivity index (χ4v) is 3.21. The molecule has 0 unspecified atom stereocenters. The highest BCUT2D eigenvalue weighted by Gasteiger charge is 2.26. The quantitative estimate of drug-likeness (QED) is 0.625. The molecule has 4 heteroatoms. The second-order valence-electron chi connectivity index (χ2n) is 6.33. The molecule has 0 aliphatic rings. The molecule has 0 bridgehead atoms. The fourth-order valence-electron chi connectivity index (χ4n) is 3.21. The Balaban J connectivity index is 2.21. The second-order valence-corrected chi connectivity index (χ2v) is 6.33. The third kappa shape index (κ3) is 4.13. The number of benzene rings is 2. The van der Waals surface area contributed by atoms with Crippen LogP contribution in [0, 0.1) is 5.82 Å². The van der Waals surface area contributed by atoms with E-state index in [-0.39, 0.29) is 22.6 Å². The summed E-state index contributed by atoms with van der Waals surface area (Å²) in [4.78, 5) is 11.6. The summed E-state index contributed by atoms with van der Waals surface area (Å²) in [5.74, 6) is -0.260. The summed E-state index contributed by atoms with van der Waals surface area (Å²) < 4.78 is 19.8. The lowest BCUT2D eigenvalue weighted by molar-refractivity contribution is 0.0962. The van der Waals surface area contributed by atoms with Gasteiger partial charge in [-0.3, -0.25) is 4.79 Å². The predicted octanol–water partition coefficient (Wildman–Crippen LogP) is 5.61. The molecule has 0 aliphatic heterocycles. The van der Waals surface area contributed by atoms with E-state index in [1.54, 1.807) is 0 Å². The molecule has 1 N–H and O–H groups in total. The van der Waals surface area contributed by atoms with Crippen LogP contribution in [0.15, 0.2) is 55.1 Å². The Morgan fingerprint density at radius 1 is 1.19 bits per heavy atom. The number of rotatable bonds is 8. The van der Waals surface area contributed by atoms with Gasteiger partial charge in [0.1, 0.15) is 5.75 Å². The minimum atomic E-state index is -0.571. The molecule has 0 aliphatic carbocycles. The molecule has 0 fully saturated rings. The van der Waals surface area contributed by atoms with E-state index in [1.165, 1.54) is 30.8 Å². The third-order valence-electron chi connectivity index (χ3n) is 5.00. The minimum Gasteiger partial charge on any atom is -0.454 e. The Kier molecular flexibility index (Phi) is 6.56. The van der Waals surface area contributed by atoms with Crippen molar-refractivity contribution in [2.75, 3.05) is 7.05 Å². The Bertz CT molecular complexity index is 764. The summed E-state index contributed by atoms with van der Waals surface area (Å²) in [7, 11) is 1.51. The maximum absolute atomic E-state index is 14.2. The van der Waals surface area contributed by atoms with E-state index in [0.29, 0.717) is 5.75 Å². The molecule has 0 saturated carbocycles.